The molecule has 9 nitrogen and oxygen atoms in total. The fourth-order valence-corrected chi connectivity index (χ4v) is 4.82. The van der Waals surface area contributed by atoms with Gasteiger partial charge in [0.2, 0.25) is 5.95 Å². The maximum atomic E-state index is 13.9. The minimum atomic E-state index is -1.24. The van der Waals surface area contributed by atoms with Crippen molar-refractivity contribution in [3.05, 3.63) is 100 Å². The van der Waals surface area contributed by atoms with Crippen LogP contribution in [-0.2, 0) is 10.3 Å². The van der Waals surface area contributed by atoms with E-state index in [1.54, 1.807) is 28.9 Å². The van der Waals surface area contributed by atoms with Gasteiger partial charge >= 0.3 is 0 Å². The van der Waals surface area contributed by atoms with Crippen LogP contribution in [0.5, 0.6) is 0 Å². The molecule has 1 aliphatic rings. The highest BCUT2D eigenvalue weighted by Crippen LogP contribution is 2.37. The summed E-state index contributed by atoms with van der Waals surface area (Å²) < 4.78 is 48.2. The molecule has 4 heterocycles. The number of anilines is 3. The molecule has 0 bridgehead atoms. The van der Waals surface area contributed by atoms with Gasteiger partial charge in [0.25, 0.3) is 0 Å². The lowest BCUT2D eigenvalue weighted by molar-refractivity contribution is -0.0965. The Morgan fingerprint density at radius 1 is 1.07 bits per heavy atom. The first-order chi connectivity index (χ1) is 19.7. The van der Waals surface area contributed by atoms with Gasteiger partial charge in [-0.3, -0.25) is 4.98 Å². The second-order valence-corrected chi connectivity index (χ2v) is 10.2. The third kappa shape index (κ3) is 5.01. The Morgan fingerprint density at radius 2 is 1.85 bits per heavy atom. The SMILES string of the molecule is CC1(n2cc(C(Nc3cc(Cl)c4ncc(C#N)c(Nc5cnc(F)c(F)c5)c4c3)c3ccc(F)cc3)nn2)COC1. The molecule has 206 valence electrons. The molecule has 1 atom stereocenters. The standard InChI is InChI=1S/C28H20ClF3N8O/c1-28(13-41-14-28)40-12-23(38-39-40)25(15-2-4-17(30)5-3-15)36-18-6-20-24(37-19-8-22(31)27(32)35-11-19)16(9-33)10-34-26(20)21(29)7-18/h2-8,10-12,25,36H,13-14H2,1H3,(H,34,37). The summed E-state index contributed by atoms with van der Waals surface area (Å²) in [5.74, 6) is -2.78. The van der Waals surface area contributed by atoms with Crippen LogP contribution < -0.4 is 10.6 Å². The number of nitrogens with zero attached hydrogens (tertiary/aromatic N) is 6. The summed E-state index contributed by atoms with van der Waals surface area (Å²) in [6.45, 7) is 3.01. The van der Waals surface area contributed by atoms with Crippen molar-refractivity contribution in [1.29, 1.82) is 5.26 Å². The summed E-state index contributed by atoms with van der Waals surface area (Å²) in [5, 5.41) is 25.5. The lowest BCUT2D eigenvalue weighted by Gasteiger charge is -2.37. The summed E-state index contributed by atoms with van der Waals surface area (Å²) in [6.07, 6.45) is 4.25. The molecule has 41 heavy (non-hydrogen) atoms. The van der Waals surface area contributed by atoms with Crippen LogP contribution in [0.25, 0.3) is 10.9 Å². The highest BCUT2D eigenvalue weighted by molar-refractivity contribution is 6.36. The van der Waals surface area contributed by atoms with Gasteiger partial charge in [0, 0.05) is 23.3 Å². The molecule has 0 radical (unpaired) electrons. The summed E-state index contributed by atoms with van der Waals surface area (Å²) >= 11 is 6.63. The maximum Gasteiger partial charge on any atom is 0.249 e. The molecule has 2 aromatic carbocycles. The average Bonchev–Trinajstić information content (AvgIpc) is 3.44. The quantitative estimate of drug-likeness (QED) is 0.232. The van der Waals surface area contributed by atoms with Gasteiger partial charge in [0.1, 0.15) is 23.1 Å². The van der Waals surface area contributed by atoms with Crippen LogP contribution in [-0.4, -0.2) is 38.2 Å². The molecule has 13 heteroatoms. The number of nitriles is 1. The van der Waals surface area contributed by atoms with Gasteiger partial charge < -0.3 is 15.4 Å². The molecule has 1 fully saturated rings. The molecular formula is C28H20ClF3N8O. The van der Waals surface area contributed by atoms with Gasteiger partial charge in [-0.05, 0) is 36.8 Å². The molecular weight excluding hydrogens is 557 g/mol. The van der Waals surface area contributed by atoms with E-state index < -0.39 is 17.8 Å². The fourth-order valence-electron chi connectivity index (χ4n) is 4.55. The van der Waals surface area contributed by atoms with Crippen LogP contribution in [0.15, 0.2) is 61.1 Å². The highest BCUT2D eigenvalue weighted by atomic mass is 35.5. The van der Waals surface area contributed by atoms with Crippen molar-refractivity contribution in [2.45, 2.75) is 18.5 Å². The van der Waals surface area contributed by atoms with Gasteiger partial charge in [-0.25, -0.2) is 18.4 Å². The zero-order valence-corrected chi connectivity index (χ0v) is 22.1. The average molecular weight is 577 g/mol. The lowest BCUT2D eigenvalue weighted by atomic mass is 10.0. The highest BCUT2D eigenvalue weighted by Gasteiger charge is 2.37. The number of rotatable bonds is 7. The topological polar surface area (TPSA) is 114 Å². The van der Waals surface area contributed by atoms with Crippen LogP contribution in [0.3, 0.4) is 0 Å². The normalized spacial score (nSPS) is 14.7. The van der Waals surface area contributed by atoms with E-state index in [-0.39, 0.29) is 33.3 Å². The summed E-state index contributed by atoms with van der Waals surface area (Å²) in [4.78, 5) is 7.72. The second-order valence-electron chi connectivity index (χ2n) is 9.84. The van der Waals surface area contributed by atoms with E-state index in [0.717, 1.165) is 12.3 Å². The Labute approximate surface area is 236 Å². The molecule has 6 rings (SSSR count). The van der Waals surface area contributed by atoms with Crippen LogP contribution in [0.4, 0.5) is 30.2 Å². The molecule has 0 amide bonds. The zero-order chi connectivity index (χ0) is 28.7. The number of halogens is 4. The minimum Gasteiger partial charge on any atom is -0.376 e. The van der Waals surface area contributed by atoms with Gasteiger partial charge in [-0.15, -0.1) is 5.10 Å². The number of ether oxygens (including phenoxy) is 1. The Balaban J connectivity index is 1.43. The first kappa shape index (κ1) is 26.5. The van der Waals surface area contributed by atoms with Gasteiger partial charge in [-0.2, -0.15) is 9.65 Å². The van der Waals surface area contributed by atoms with Crippen LogP contribution in [0.1, 0.15) is 29.8 Å². The van der Waals surface area contributed by atoms with Crippen molar-refractivity contribution >= 4 is 39.6 Å². The molecule has 3 aromatic heterocycles. The van der Waals surface area contributed by atoms with E-state index in [1.165, 1.54) is 18.3 Å². The van der Waals surface area contributed by atoms with Crippen molar-refractivity contribution < 1.29 is 17.9 Å². The van der Waals surface area contributed by atoms with Crippen molar-refractivity contribution in [1.82, 2.24) is 25.0 Å². The van der Waals surface area contributed by atoms with Crippen molar-refractivity contribution in [3.8, 4) is 6.07 Å². The van der Waals surface area contributed by atoms with E-state index in [9.17, 15) is 18.4 Å². The van der Waals surface area contributed by atoms with Gasteiger partial charge in [0.05, 0.1) is 59.1 Å². The number of benzene rings is 2. The van der Waals surface area contributed by atoms with E-state index in [1.807, 2.05) is 13.1 Å². The molecule has 1 aliphatic heterocycles. The fraction of sp³-hybridized carbons (Fsp3) is 0.179. The van der Waals surface area contributed by atoms with Crippen LogP contribution in [0, 0.1) is 28.9 Å². The summed E-state index contributed by atoms with van der Waals surface area (Å²) in [5.41, 5.74) is 2.39. The first-order valence-corrected chi connectivity index (χ1v) is 12.7. The van der Waals surface area contributed by atoms with E-state index in [2.05, 4.69) is 37.0 Å². The monoisotopic (exact) mass is 576 g/mol. The largest absolute Gasteiger partial charge is 0.376 e. The second kappa shape index (κ2) is 10.3. The molecule has 2 N–H and O–H groups in total. The Hall–Kier alpha value is -4.73. The number of hydrogen-bond acceptors (Lipinski definition) is 8. The first-order valence-electron chi connectivity index (χ1n) is 12.4. The Bertz CT molecular complexity index is 1820. The zero-order valence-electron chi connectivity index (χ0n) is 21.4. The number of nitrogens with one attached hydrogen (secondary N) is 2. The number of fused-ring (bicyclic) bond motifs is 1. The number of hydrogen-bond donors (Lipinski definition) is 2. The number of pyridine rings is 2. The Morgan fingerprint density at radius 3 is 2.54 bits per heavy atom. The maximum absolute atomic E-state index is 13.9. The van der Waals surface area contributed by atoms with E-state index in [4.69, 9.17) is 16.3 Å². The number of aromatic nitrogens is 5. The van der Waals surface area contributed by atoms with Crippen LogP contribution in [0.2, 0.25) is 5.02 Å². The summed E-state index contributed by atoms with van der Waals surface area (Å²) in [6, 6.07) is 11.8. The predicted molar refractivity (Wildman–Crippen MR) is 145 cm³/mol. The Kier molecular flexibility index (Phi) is 6.69. The van der Waals surface area contributed by atoms with Crippen LogP contribution >= 0.6 is 11.6 Å². The summed E-state index contributed by atoms with van der Waals surface area (Å²) in [7, 11) is 0. The van der Waals surface area contributed by atoms with Crippen molar-refractivity contribution in [2.75, 3.05) is 23.8 Å². The smallest absolute Gasteiger partial charge is 0.249 e. The van der Waals surface area contributed by atoms with E-state index >= 15 is 0 Å². The third-order valence-corrected chi connectivity index (χ3v) is 7.10. The minimum absolute atomic E-state index is 0.122. The molecule has 1 unspecified atom stereocenters. The van der Waals surface area contributed by atoms with Crippen molar-refractivity contribution in [3.63, 3.8) is 0 Å². The molecule has 0 spiro atoms. The van der Waals surface area contributed by atoms with Gasteiger partial charge in [-0.1, -0.05) is 28.9 Å². The van der Waals surface area contributed by atoms with Crippen molar-refractivity contribution in [2.24, 2.45) is 0 Å². The molecule has 5 aromatic rings. The predicted octanol–water partition coefficient (Wildman–Crippen LogP) is 5.85. The lowest BCUT2D eigenvalue weighted by Crippen LogP contribution is -2.49. The van der Waals surface area contributed by atoms with Gasteiger partial charge in [0.15, 0.2) is 5.82 Å². The van der Waals surface area contributed by atoms with E-state index in [0.29, 0.717) is 41.1 Å². The molecule has 0 saturated carbocycles. The third-order valence-electron chi connectivity index (χ3n) is 6.81. The molecule has 1 saturated heterocycles. The molecule has 0 aliphatic carbocycles.